The molecule has 0 spiro atoms. The Labute approximate surface area is 217 Å². The Kier molecular flexibility index (Phi) is 5.80. The maximum Gasteiger partial charge on any atom is 0.158 e. The van der Waals surface area contributed by atoms with E-state index in [-0.39, 0.29) is 11.7 Å². The number of pyridine rings is 2. The third-order valence-electron chi connectivity index (χ3n) is 8.32. The van der Waals surface area contributed by atoms with Crippen LogP contribution in [-0.2, 0) is 9.84 Å². The first kappa shape index (κ1) is 24.4. The standard InChI is InChI=1S/C27H35N7O2S/c1-16(2)24-25(21-14-34-27(28-15-29-34)18(4)17(21)3)30-22-8-9-23(31-26(22)24)33-13-19-6-7-20(33)12-32(19)10-11-37(5,35)36/h8-9,14-16,19-20,30H,6-7,10-13H2,1-5H3/t19?,20-/m0/s1. The molecule has 4 aromatic heterocycles. The largest absolute Gasteiger partial charge is 0.353 e. The molecule has 3 aliphatic heterocycles. The summed E-state index contributed by atoms with van der Waals surface area (Å²) in [5, 5.41) is 4.40. The van der Waals surface area contributed by atoms with E-state index < -0.39 is 9.84 Å². The minimum Gasteiger partial charge on any atom is -0.353 e. The van der Waals surface area contributed by atoms with Gasteiger partial charge in [-0.1, -0.05) is 13.8 Å². The van der Waals surface area contributed by atoms with Crippen LogP contribution in [0, 0.1) is 13.8 Å². The van der Waals surface area contributed by atoms with Crippen LogP contribution in [0.3, 0.4) is 0 Å². The van der Waals surface area contributed by atoms with Crippen LogP contribution < -0.4 is 4.90 Å². The number of aromatic nitrogens is 5. The molecule has 0 amide bonds. The molecule has 7 heterocycles. The summed E-state index contributed by atoms with van der Waals surface area (Å²) in [6, 6.07) is 5.02. The lowest BCUT2D eigenvalue weighted by molar-refractivity contribution is 0.102. The van der Waals surface area contributed by atoms with E-state index in [0.29, 0.717) is 18.6 Å². The van der Waals surface area contributed by atoms with Crippen molar-refractivity contribution in [2.75, 3.05) is 36.5 Å². The average Bonchev–Trinajstić information content (AvgIpc) is 3.49. The zero-order valence-electron chi connectivity index (χ0n) is 22.2. The van der Waals surface area contributed by atoms with Gasteiger partial charge in [0.25, 0.3) is 0 Å². The fourth-order valence-corrected chi connectivity index (χ4v) is 6.78. The number of aryl methyl sites for hydroxylation is 1. The summed E-state index contributed by atoms with van der Waals surface area (Å²) in [6.07, 6.45) is 7.22. The number of hydrogen-bond acceptors (Lipinski definition) is 7. The van der Waals surface area contributed by atoms with Crippen molar-refractivity contribution in [2.24, 2.45) is 0 Å². The molecule has 10 heteroatoms. The maximum atomic E-state index is 11.7. The van der Waals surface area contributed by atoms with Crippen LogP contribution in [0.4, 0.5) is 5.82 Å². The van der Waals surface area contributed by atoms with Gasteiger partial charge in [0.1, 0.15) is 22.0 Å². The number of fused-ring (bicyclic) bond motifs is 5. The number of aromatic amines is 1. The Morgan fingerprint density at radius 3 is 2.59 bits per heavy atom. The van der Waals surface area contributed by atoms with E-state index in [9.17, 15) is 8.42 Å². The van der Waals surface area contributed by atoms with Crippen LogP contribution >= 0.6 is 0 Å². The van der Waals surface area contributed by atoms with E-state index in [1.807, 2.05) is 4.52 Å². The fourth-order valence-electron chi connectivity index (χ4n) is 6.22. The van der Waals surface area contributed by atoms with Gasteiger partial charge in [0, 0.05) is 55.3 Å². The van der Waals surface area contributed by atoms with Crippen molar-refractivity contribution in [3.8, 4) is 11.3 Å². The minimum absolute atomic E-state index is 0.226. The lowest BCUT2D eigenvalue weighted by Gasteiger charge is -2.52. The normalized spacial score (nSPS) is 20.6. The molecule has 196 valence electrons. The summed E-state index contributed by atoms with van der Waals surface area (Å²) in [6.45, 7) is 11.1. The first-order valence-corrected chi connectivity index (χ1v) is 15.2. The number of sulfone groups is 1. The monoisotopic (exact) mass is 521 g/mol. The zero-order chi connectivity index (χ0) is 26.1. The molecule has 3 saturated heterocycles. The van der Waals surface area contributed by atoms with Crippen molar-refractivity contribution in [2.45, 2.75) is 58.5 Å². The van der Waals surface area contributed by atoms with E-state index in [0.717, 1.165) is 65.3 Å². The number of anilines is 1. The summed E-state index contributed by atoms with van der Waals surface area (Å²) in [7, 11) is -2.96. The first-order valence-electron chi connectivity index (χ1n) is 13.1. The van der Waals surface area contributed by atoms with Gasteiger partial charge in [0.15, 0.2) is 5.65 Å². The Bertz CT molecular complexity index is 1600. The predicted octanol–water partition coefficient (Wildman–Crippen LogP) is 3.71. The number of H-pyrrole nitrogens is 1. The second kappa shape index (κ2) is 8.80. The van der Waals surface area contributed by atoms with Gasteiger partial charge < -0.3 is 9.88 Å². The van der Waals surface area contributed by atoms with Crippen molar-refractivity contribution in [1.82, 2.24) is 29.5 Å². The van der Waals surface area contributed by atoms with Gasteiger partial charge in [0.05, 0.1) is 22.5 Å². The Hall–Kier alpha value is -2.98. The smallest absolute Gasteiger partial charge is 0.158 e. The molecule has 1 N–H and O–H groups in total. The molecule has 3 fully saturated rings. The lowest BCUT2D eigenvalue weighted by atomic mass is 9.91. The van der Waals surface area contributed by atoms with E-state index >= 15 is 0 Å². The highest BCUT2D eigenvalue weighted by Gasteiger charge is 2.39. The van der Waals surface area contributed by atoms with Gasteiger partial charge in [-0.2, -0.15) is 5.10 Å². The summed E-state index contributed by atoms with van der Waals surface area (Å²) >= 11 is 0. The first-order chi connectivity index (χ1) is 17.6. The van der Waals surface area contributed by atoms with Crippen LogP contribution in [0.15, 0.2) is 24.7 Å². The van der Waals surface area contributed by atoms with Crippen molar-refractivity contribution in [1.29, 1.82) is 0 Å². The van der Waals surface area contributed by atoms with Gasteiger partial charge in [-0.25, -0.2) is 22.9 Å². The molecule has 9 nitrogen and oxygen atoms in total. The summed E-state index contributed by atoms with van der Waals surface area (Å²) < 4.78 is 25.3. The topological polar surface area (TPSA) is 99.5 Å². The van der Waals surface area contributed by atoms with Crippen LogP contribution in [0.25, 0.3) is 27.9 Å². The third-order valence-corrected chi connectivity index (χ3v) is 9.25. The van der Waals surface area contributed by atoms with Gasteiger partial charge >= 0.3 is 0 Å². The Morgan fingerprint density at radius 1 is 1.11 bits per heavy atom. The molecule has 0 aliphatic carbocycles. The molecule has 37 heavy (non-hydrogen) atoms. The van der Waals surface area contributed by atoms with Gasteiger partial charge in [-0.15, -0.1) is 0 Å². The highest BCUT2D eigenvalue weighted by atomic mass is 32.2. The molecule has 0 aromatic carbocycles. The third kappa shape index (κ3) is 4.20. The molecule has 0 saturated carbocycles. The van der Waals surface area contributed by atoms with Crippen molar-refractivity contribution >= 4 is 32.3 Å². The Morgan fingerprint density at radius 2 is 1.89 bits per heavy atom. The average molecular weight is 522 g/mol. The van der Waals surface area contributed by atoms with E-state index in [1.54, 1.807) is 6.33 Å². The number of piperidine rings is 2. The molecule has 3 aliphatic rings. The molecule has 7 rings (SSSR count). The second-order valence-electron chi connectivity index (χ2n) is 11.1. The summed E-state index contributed by atoms with van der Waals surface area (Å²) in [5.74, 6) is 1.52. The van der Waals surface area contributed by atoms with E-state index in [1.165, 1.54) is 17.4 Å². The van der Waals surface area contributed by atoms with Gasteiger partial charge in [0.2, 0.25) is 0 Å². The molecular weight excluding hydrogens is 486 g/mol. The minimum atomic E-state index is -2.96. The number of nitrogens with one attached hydrogen (secondary N) is 1. The molecule has 4 aromatic rings. The number of nitrogens with zero attached hydrogens (tertiary/aromatic N) is 6. The number of hydrogen-bond donors (Lipinski definition) is 1. The zero-order valence-corrected chi connectivity index (χ0v) is 23.0. The predicted molar refractivity (Wildman–Crippen MR) is 147 cm³/mol. The number of rotatable bonds is 6. The van der Waals surface area contributed by atoms with Crippen LogP contribution in [0.1, 0.15) is 49.3 Å². The highest BCUT2D eigenvalue weighted by molar-refractivity contribution is 7.90. The van der Waals surface area contributed by atoms with Crippen molar-refractivity contribution in [3.05, 3.63) is 41.3 Å². The second-order valence-corrected chi connectivity index (χ2v) is 13.4. The molecule has 2 bridgehead atoms. The number of piperazine rings is 1. The highest BCUT2D eigenvalue weighted by Crippen LogP contribution is 2.39. The fraction of sp³-hybridized carbons (Fsp3) is 0.519. The van der Waals surface area contributed by atoms with Crippen LogP contribution in [-0.4, -0.2) is 81.6 Å². The van der Waals surface area contributed by atoms with E-state index in [4.69, 9.17) is 4.98 Å². The van der Waals surface area contributed by atoms with Crippen molar-refractivity contribution in [3.63, 3.8) is 0 Å². The summed E-state index contributed by atoms with van der Waals surface area (Å²) in [5.41, 5.74) is 8.70. The molecular formula is C27H35N7O2S. The molecule has 0 radical (unpaired) electrons. The van der Waals surface area contributed by atoms with Crippen molar-refractivity contribution < 1.29 is 8.42 Å². The SMILES string of the molecule is Cc1c(-c2[nH]c3ccc(N4CC5CC[C@H]4CN5CCS(C)(=O)=O)nc3c2C(C)C)cn2ncnc2c1C. The molecule has 1 unspecified atom stereocenters. The van der Waals surface area contributed by atoms with Crippen LogP contribution in [0.5, 0.6) is 0 Å². The quantitative estimate of drug-likeness (QED) is 0.413. The van der Waals surface area contributed by atoms with E-state index in [2.05, 4.69) is 70.9 Å². The summed E-state index contributed by atoms with van der Waals surface area (Å²) in [4.78, 5) is 18.1. The lowest BCUT2D eigenvalue weighted by Crippen LogP contribution is -2.63. The van der Waals surface area contributed by atoms with Crippen LogP contribution in [0.2, 0.25) is 0 Å². The van der Waals surface area contributed by atoms with Gasteiger partial charge in [-0.05, 0) is 55.9 Å². The molecule has 2 atom stereocenters. The maximum absolute atomic E-state index is 11.7. The Balaban J connectivity index is 1.37. The van der Waals surface area contributed by atoms with Gasteiger partial charge in [-0.3, -0.25) is 4.90 Å².